The van der Waals surface area contributed by atoms with Crippen molar-refractivity contribution in [2.75, 3.05) is 26.8 Å². The Morgan fingerprint density at radius 1 is 1.18 bits per heavy atom. The third-order valence-corrected chi connectivity index (χ3v) is 5.31. The van der Waals surface area contributed by atoms with Crippen molar-refractivity contribution in [3.63, 3.8) is 0 Å². The zero-order valence-corrected chi connectivity index (χ0v) is 16.1. The number of Topliss-reactive ketones (excluding diaryl/α,β-unsaturated/α-hetero) is 1. The molecular weight excluding hydrogens is 358 g/mol. The molecule has 1 fully saturated rings. The fourth-order valence-corrected chi connectivity index (χ4v) is 3.89. The van der Waals surface area contributed by atoms with Crippen molar-refractivity contribution in [2.45, 2.75) is 25.4 Å². The molecule has 6 nitrogen and oxygen atoms in total. The van der Waals surface area contributed by atoms with E-state index >= 15 is 0 Å². The van der Waals surface area contributed by atoms with E-state index in [1.54, 1.807) is 54.5 Å². The van der Waals surface area contributed by atoms with Crippen molar-refractivity contribution in [3.8, 4) is 17.2 Å². The molecule has 1 unspecified atom stereocenters. The number of hydrogen-bond acceptors (Lipinski definition) is 5. The molecule has 6 heteroatoms. The number of hydrogen-bond donors (Lipinski definition) is 0. The average Bonchev–Trinajstić information content (AvgIpc) is 3.11. The van der Waals surface area contributed by atoms with Crippen LogP contribution < -0.4 is 14.2 Å². The van der Waals surface area contributed by atoms with Gasteiger partial charge in [-0.3, -0.25) is 9.59 Å². The Bertz CT molecular complexity index is 908. The molecule has 2 heterocycles. The van der Waals surface area contributed by atoms with Gasteiger partial charge in [0.25, 0.3) is 5.91 Å². The number of benzene rings is 2. The molecule has 1 atom stereocenters. The zero-order chi connectivity index (χ0) is 19.7. The molecule has 0 bridgehead atoms. The average molecular weight is 381 g/mol. The molecule has 0 N–H and O–H groups in total. The molecule has 1 amide bonds. The van der Waals surface area contributed by atoms with Gasteiger partial charge < -0.3 is 19.1 Å². The van der Waals surface area contributed by atoms with E-state index in [1.807, 2.05) is 6.92 Å². The number of likely N-dealkylation sites (tertiary alicyclic amines) is 1. The zero-order valence-electron chi connectivity index (χ0n) is 16.1. The Morgan fingerprint density at radius 3 is 2.64 bits per heavy atom. The highest BCUT2D eigenvalue weighted by atomic mass is 16.5. The van der Waals surface area contributed by atoms with Gasteiger partial charge in [0.2, 0.25) is 0 Å². The van der Waals surface area contributed by atoms with Crippen LogP contribution in [0.25, 0.3) is 0 Å². The second-order valence-corrected chi connectivity index (χ2v) is 7.18. The second kappa shape index (κ2) is 7.19. The summed E-state index contributed by atoms with van der Waals surface area (Å²) in [6.07, 6.45) is 0.896. The van der Waals surface area contributed by atoms with E-state index < -0.39 is 5.60 Å². The largest absolute Gasteiger partial charge is 0.497 e. The Morgan fingerprint density at radius 2 is 1.93 bits per heavy atom. The van der Waals surface area contributed by atoms with Crippen LogP contribution in [0, 0.1) is 0 Å². The van der Waals surface area contributed by atoms with Crippen LogP contribution >= 0.6 is 0 Å². The van der Waals surface area contributed by atoms with Crippen LogP contribution in [-0.2, 0) is 0 Å². The van der Waals surface area contributed by atoms with Crippen LogP contribution in [0.1, 0.15) is 40.5 Å². The van der Waals surface area contributed by atoms with Gasteiger partial charge in [0.1, 0.15) is 22.8 Å². The number of rotatable bonds is 4. The lowest BCUT2D eigenvalue weighted by Crippen LogP contribution is -2.45. The van der Waals surface area contributed by atoms with E-state index in [-0.39, 0.29) is 18.1 Å². The second-order valence-electron chi connectivity index (χ2n) is 7.18. The number of carbonyl (C=O) groups excluding carboxylic acids is 2. The highest BCUT2D eigenvalue weighted by Crippen LogP contribution is 2.40. The molecule has 146 valence electrons. The molecule has 0 aliphatic carbocycles. The molecule has 2 aliphatic rings. The number of carbonyl (C=O) groups is 2. The highest BCUT2D eigenvalue weighted by molar-refractivity contribution is 6.01. The third-order valence-electron chi connectivity index (χ3n) is 5.31. The summed E-state index contributed by atoms with van der Waals surface area (Å²) in [5, 5.41) is 0. The van der Waals surface area contributed by atoms with E-state index in [2.05, 4.69) is 0 Å². The van der Waals surface area contributed by atoms with Gasteiger partial charge in [0, 0.05) is 18.5 Å². The van der Waals surface area contributed by atoms with Crippen LogP contribution in [0.2, 0.25) is 0 Å². The number of methoxy groups -OCH3 is 1. The normalized spacial score (nSPS) is 20.6. The summed E-state index contributed by atoms with van der Waals surface area (Å²) in [7, 11) is 1.57. The number of nitrogens with zero attached hydrogens (tertiary/aromatic N) is 1. The molecule has 1 spiro atoms. The van der Waals surface area contributed by atoms with Crippen molar-refractivity contribution >= 4 is 11.7 Å². The summed E-state index contributed by atoms with van der Waals surface area (Å²) in [6.45, 7) is 3.46. The van der Waals surface area contributed by atoms with E-state index in [0.717, 1.165) is 5.75 Å². The monoisotopic (exact) mass is 381 g/mol. The number of amides is 1. The highest BCUT2D eigenvalue weighted by Gasteiger charge is 2.47. The maximum absolute atomic E-state index is 12.9. The van der Waals surface area contributed by atoms with Gasteiger partial charge in [-0.25, -0.2) is 0 Å². The third kappa shape index (κ3) is 3.30. The lowest BCUT2D eigenvalue weighted by atomic mass is 9.89. The van der Waals surface area contributed by atoms with Gasteiger partial charge >= 0.3 is 0 Å². The summed E-state index contributed by atoms with van der Waals surface area (Å²) in [5.41, 5.74) is 0.494. The van der Waals surface area contributed by atoms with Crippen LogP contribution in [0.3, 0.4) is 0 Å². The lowest BCUT2D eigenvalue weighted by Gasteiger charge is -2.34. The van der Waals surface area contributed by atoms with Crippen LogP contribution in [-0.4, -0.2) is 49.0 Å². The summed E-state index contributed by atoms with van der Waals surface area (Å²) in [6, 6.07) is 12.4. The molecule has 1 saturated heterocycles. The molecule has 2 aromatic rings. The van der Waals surface area contributed by atoms with Gasteiger partial charge in [-0.05, 0) is 49.4 Å². The van der Waals surface area contributed by atoms with Gasteiger partial charge in [0.05, 0.1) is 32.2 Å². The molecule has 0 aromatic heterocycles. The van der Waals surface area contributed by atoms with Crippen LogP contribution in [0.5, 0.6) is 17.2 Å². The molecule has 0 radical (unpaired) electrons. The van der Waals surface area contributed by atoms with Gasteiger partial charge in [-0.2, -0.15) is 0 Å². The maximum Gasteiger partial charge on any atom is 0.253 e. The Balaban J connectivity index is 1.50. The van der Waals surface area contributed by atoms with Crippen molar-refractivity contribution in [3.05, 3.63) is 53.6 Å². The van der Waals surface area contributed by atoms with Crippen molar-refractivity contribution < 1.29 is 23.8 Å². The van der Waals surface area contributed by atoms with Gasteiger partial charge in [-0.1, -0.05) is 0 Å². The van der Waals surface area contributed by atoms with E-state index in [4.69, 9.17) is 14.2 Å². The quantitative estimate of drug-likeness (QED) is 0.813. The molecule has 0 saturated carbocycles. The Kier molecular flexibility index (Phi) is 4.71. The minimum absolute atomic E-state index is 0.0236. The van der Waals surface area contributed by atoms with Crippen molar-refractivity contribution in [1.29, 1.82) is 0 Å². The van der Waals surface area contributed by atoms with Crippen LogP contribution in [0.15, 0.2) is 42.5 Å². The van der Waals surface area contributed by atoms with E-state index in [9.17, 15) is 9.59 Å². The topological polar surface area (TPSA) is 65.1 Å². The summed E-state index contributed by atoms with van der Waals surface area (Å²) < 4.78 is 16.9. The van der Waals surface area contributed by atoms with Crippen molar-refractivity contribution in [1.82, 2.24) is 4.90 Å². The molecule has 2 aromatic carbocycles. The number of ketones is 1. The lowest BCUT2D eigenvalue weighted by molar-refractivity contribution is 0.0427. The molecule has 28 heavy (non-hydrogen) atoms. The smallest absolute Gasteiger partial charge is 0.253 e. The first kappa shape index (κ1) is 18.3. The number of ether oxygens (including phenoxy) is 3. The van der Waals surface area contributed by atoms with Crippen LogP contribution in [0.4, 0.5) is 0 Å². The first-order chi connectivity index (χ1) is 13.5. The van der Waals surface area contributed by atoms with E-state index in [1.165, 1.54) is 0 Å². The first-order valence-electron chi connectivity index (χ1n) is 9.46. The minimum Gasteiger partial charge on any atom is -0.497 e. The Labute approximate surface area is 164 Å². The van der Waals surface area contributed by atoms with Gasteiger partial charge in [-0.15, -0.1) is 0 Å². The molecule has 4 rings (SSSR count). The Hall–Kier alpha value is -3.02. The predicted molar refractivity (Wildman–Crippen MR) is 103 cm³/mol. The predicted octanol–water partition coefficient (Wildman–Crippen LogP) is 3.34. The summed E-state index contributed by atoms with van der Waals surface area (Å²) >= 11 is 0. The number of fused-ring (bicyclic) bond motifs is 1. The van der Waals surface area contributed by atoms with Gasteiger partial charge in [0.15, 0.2) is 5.78 Å². The maximum atomic E-state index is 12.9. The standard InChI is InChI=1S/C22H23NO5/c1-3-27-16-6-4-15(5-7-16)21(25)23-11-10-22(14-23)13-19(24)18-12-17(26-2)8-9-20(18)28-22/h4-9,12H,3,10-11,13-14H2,1-2H3. The fraction of sp³-hybridized carbons (Fsp3) is 0.364. The van der Waals surface area contributed by atoms with E-state index in [0.29, 0.717) is 48.7 Å². The SMILES string of the molecule is CCOc1ccc(C(=O)N2CCC3(CC(=O)c4cc(OC)ccc4O3)C2)cc1. The molecular formula is C22H23NO5. The summed E-state index contributed by atoms with van der Waals surface area (Å²) in [5.74, 6) is 1.90. The summed E-state index contributed by atoms with van der Waals surface area (Å²) in [4.78, 5) is 27.3. The minimum atomic E-state index is -0.653. The van der Waals surface area contributed by atoms with Crippen molar-refractivity contribution in [2.24, 2.45) is 0 Å². The molecule has 2 aliphatic heterocycles. The first-order valence-corrected chi connectivity index (χ1v) is 9.46. The fourth-order valence-electron chi connectivity index (χ4n) is 3.89.